The van der Waals surface area contributed by atoms with Crippen LogP contribution in [0.4, 0.5) is 19.7 Å². The number of likely N-dealkylation sites (tertiary alicyclic amines) is 2. The standard InChI is InChI=1S/C30H35FN6O5S/c1-18-6-7-19(12-23(18)31)30(26-32-17-33-43-26)10-11-36(16-30)27(39)35-24-13-21(41-5)8-9-22(24)25(38)37-14-20(15-37)34-28(40)42-29(2,3)4/h6-9,12-13,17,20H,10-11,14-16H2,1-5H3,(H,34,40)(H,35,39). The zero-order chi connectivity index (χ0) is 30.9. The number of nitrogens with zero attached hydrogens (tertiary/aromatic N) is 4. The summed E-state index contributed by atoms with van der Waals surface area (Å²) in [4.78, 5) is 46.8. The molecular weight excluding hydrogens is 575 g/mol. The van der Waals surface area contributed by atoms with E-state index >= 15 is 0 Å². The lowest BCUT2D eigenvalue weighted by Gasteiger charge is -2.40. The van der Waals surface area contributed by atoms with Gasteiger partial charge in [-0.15, -0.1) is 0 Å². The number of aromatic nitrogens is 2. The minimum atomic E-state index is -0.714. The minimum Gasteiger partial charge on any atom is -0.497 e. The van der Waals surface area contributed by atoms with Gasteiger partial charge in [0.1, 0.15) is 28.5 Å². The average Bonchev–Trinajstić information content (AvgIpc) is 3.62. The second-order valence-electron chi connectivity index (χ2n) is 11.9. The predicted molar refractivity (Wildman–Crippen MR) is 159 cm³/mol. The molecule has 1 aromatic heterocycles. The van der Waals surface area contributed by atoms with Crippen molar-refractivity contribution in [3.05, 3.63) is 70.2 Å². The van der Waals surface area contributed by atoms with E-state index in [9.17, 15) is 18.8 Å². The molecule has 5 rings (SSSR count). The van der Waals surface area contributed by atoms with Gasteiger partial charge in [0.2, 0.25) is 0 Å². The summed E-state index contributed by atoms with van der Waals surface area (Å²) in [5, 5.41) is 6.37. The topological polar surface area (TPSA) is 126 Å². The molecule has 0 spiro atoms. The van der Waals surface area contributed by atoms with E-state index in [4.69, 9.17) is 9.47 Å². The molecule has 0 radical (unpaired) electrons. The highest BCUT2D eigenvalue weighted by Gasteiger charge is 2.45. The number of urea groups is 1. The molecule has 3 aromatic rings. The average molecular weight is 611 g/mol. The maximum atomic E-state index is 14.6. The number of hydrogen-bond donors (Lipinski definition) is 2. The Bertz CT molecular complexity index is 1520. The number of methoxy groups -OCH3 is 1. The van der Waals surface area contributed by atoms with Crippen molar-refractivity contribution in [1.29, 1.82) is 0 Å². The van der Waals surface area contributed by atoms with E-state index in [0.29, 0.717) is 53.6 Å². The van der Waals surface area contributed by atoms with Crippen molar-refractivity contribution in [2.45, 2.75) is 51.2 Å². The molecule has 13 heteroatoms. The maximum Gasteiger partial charge on any atom is 0.407 e. The molecule has 2 N–H and O–H groups in total. The zero-order valence-corrected chi connectivity index (χ0v) is 25.6. The van der Waals surface area contributed by atoms with E-state index in [-0.39, 0.29) is 24.3 Å². The summed E-state index contributed by atoms with van der Waals surface area (Å²) >= 11 is 1.23. The Morgan fingerprint density at radius 2 is 1.88 bits per heavy atom. The largest absolute Gasteiger partial charge is 0.497 e. The second kappa shape index (κ2) is 11.8. The lowest BCUT2D eigenvalue weighted by molar-refractivity contribution is 0.0359. The molecule has 228 valence electrons. The summed E-state index contributed by atoms with van der Waals surface area (Å²) in [5.74, 6) is -0.141. The number of alkyl carbamates (subject to hydrolysis) is 1. The Balaban J connectivity index is 1.31. The second-order valence-corrected chi connectivity index (χ2v) is 12.6. The highest BCUT2D eigenvalue weighted by Crippen LogP contribution is 2.42. The van der Waals surface area contributed by atoms with Gasteiger partial charge in [-0.1, -0.05) is 12.1 Å². The van der Waals surface area contributed by atoms with Crippen molar-refractivity contribution in [3.63, 3.8) is 0 Å². The summed E-state index contributed by atoms with van der Waals surface area (Å²) < 4.78 is 29.4. The first-order valence-corrected chi connectivity index (χ1v) is 14.7. The van der Waals surface area contributed by atoms with E-state index < -0.39 is 23.1 Å². The number of hydrogen-bond acceptors (Lipinski definition) is 8. The SMILES string of the molecule is COc1ccc(C(=O)N2CC(NC(=O)OC(C)(C)C)C2)c(NC(=O)N2CCC(c3ccc(C)c(F)c3)(c3ncns3)C2)c1. The van der Waals surface area contributed by atoms with Crippen molar-refractivity contribution in [1.82, 2.24) is 24.5 Å². The number of anilines is 1. The third-order valence-electron chi connectivity index (χ3n) is 7.64. The molecule has 11 nitrogen and oxygen atoms in total. The van der Waals surface area contributed by atoms with Crippen molar-refractivity contribution in [2.75, 3.05) is 38.6 Å². The fourth-order valence-electron chi connectivity index (χ4n) is 5.31. The zero-order valence-electron chi connectivity index (χ0n) is 24.8. The van der Waals surface area contributed by atoms with Crippen LogP contribution in [0.25, 0.3) is 0 Å². The number of halogens is 1. The molecule has 43 heavy (non-hydrogen) atoms. The Hall–Kier alpha value is -4.26. The third kappa shape index (κ3) is 6.41. The molecule has 2 saturated heterocycles. The van der Waals surface area contributed by atoms with E-state index in [2.05, 4.69) is 20.0 Å². The van der Waals surface area contributed by atoms with Crippen molar-refractivity contribution >= 4 is 35.3 Å². The van der Waals surface area contributed by atoms with E-state index in [0.717, 1.165) is 5.56 Å². The van der Waals surface area contributed by atoms with Gasteiger partial charge in [-0.3, -0.25) is 4.79 Å². The molecule has 1 unspecified atom stereocenters. The van der Waals surface area contributed by atoms with E-state index in [1.54, 1.807) is 61.8 Å². The monoisotopic (exact) mass is 610 g/mol. The number of amides is 4. The van der Waals surface area contributed by atoms with Gasteiger partial charge in [0, 0.05) is 32.2 Å². The molecule has 1 atom stereocenters. The number of benzene rings is 2. The number of carbonyl (C=O) groups is 3. The van der Waals surface area contributed by atoms with Crippen molar-refractivity contribution in [2.24, 2.45) is 0 Å². The summed E-state index contributed by atoms with van der Waals surface area (Å²) in [5.41, 5.74) is 0.517. The number of rotatable bonds is 6. The highest BCUT2D eigenvalue weighted by molar-refractivity contribution is 7.05. The van der Waals surface area contributed by atoms with E-state index in [1.165, 1.54) is 31.0 Å². The number of aryl methyl sites for hydroxylation is 1. The smallest absolute Gasteiger partial charge is 0.407 e. The first kappa shape index (κ1) is 30.2. The Morgan fingerprint density at radius 3 is 2.53 bits per heavy atom. The lowest BCUT2D eigenvalue weighted by Crippen LogP contribution is -2.61. The Labute approximate surface area is 253 Å². The number of nitrogens with one attached hydrogen (secondary N) is 2. The molecule has 0 bridgehead atoms. The highest BCUT2D eigenvalue weighted by atomic mass is 32.1. The van der Waals surface area contributed by atoms with Gasteiger partial charge in [0.05, 0.1) is 29.8 Å². The van der Waals surface area contributed by atoms with Crippen LogP contribution >= 0.6 is 11.5 Å². The van der Waals surface area contributed by atoms with Gasteiger partial charge in [-0.25, -0.2) is 19.0 Å². The maximum absolute atomic E-state index is 14.6. The van der Waals surface area contributed by atoms with Crippen LogP contribution in [0.15, 0.2) is 42.7 Å². The molecule has 3 heterocycles. The summed E-state index contributed by atoms with van der Waals surface area (Å²) in [6.45, 7) is 8.31. The molecule has 2 aliphatic rings. The van der Waals surface area contributed by atoms with Crippen LogP contribution in [0.1, 0.15) is 53.7 Å². The van der Waals surface area contributed by atoms with Crippen LogP contribution in [0, 0.1) is 12.7 Å². The van der Waals surface area contributed by atoms with Gasteiger partial charge in [0.25, 0.3) is 5.91 Å². The molecule has 2 fully saturated rings. The van der Waals surface area contributed by atoms with Crippen LogP contribution in [0.3, 0.4) is 0 Å². The van der Waals surface area contributed by atoms with Gasteiger partial charge >= 0.3 is 12.1 Å². The molecule has 2 aliphatic heterocycles. The van der Waals surface area contributed by atoms with Gasteiger partial charge in [-0.2, -0.15) is 4.37 Å². The molecule has 0 aliphatic carbocycles. The molecule has 0 saturated carbocycles. The van der Waals surface area contributed by atoms with E-state index in [1.807, 2.05) is 6.07 Å². The normalized spacial score (nSPS) is 18.7. The summed E-state index contributed by atoms with van der Waals surface area (Å²) in [6, 6.07) is 9.33. The van der Waals surface area contributed by atoms with Crippen LogP contribution in [-0.4, -0.2) is 82.1 Å². The van der Waals surface area contributed by atoms with Crippen molar-refractivity contribution in [3.8, 4) is 5.75 Å². The lowest BCUT2D eigenvalue weighted by atomic mass is 9.80. The van der Waals surface area contributed by atoms with Crippen LogP contribution < -0.4 is 15.4 Å². The Kier molecular flexibility index (Phi) is 8.28. The third-order valence-corrected chi connectivity index (χ3v) is 8.51. The first-order chi connectivity index (χ1) is 20.4. The number of ether oxygens (including phenoxy) is 2. The van der Waals surface area contributed by atoms with Gasteiger partial charge in [-0.05, 0) is 75.0 Å². The van der Waals surface area contributed by atoms with Gasteiger partial charge < -0.3 is 29.9 Å². The predicted octanol–water partition coefficient (Wildman–Crippen LogP) is 4.57. The van der Waals surface area contributed by atoms with Crippen molar-refractivity contribution < 1.29 is 28.2 Å². The van der Waals surface area contributed by atoms with Crippen LogP contribution in [-0.2, 0) is 10.2 Å². The molecule has 4 amide bonds. The first-order valence-electron chi connectivity index (χ1n) is 13.9. The minimum absolute atomic E-state index is 0.236. The molecular formula is C30H35FN6O5S. The van der Waals surface area contributed by atoms with Crippen LogP contribution in [0.2, 0.25) is 0 Å². The van der Waals surface area contributed by atoms with Gasteiger partial charge in [0.15, 0.2) is 0 Å². The fraction of sp³-hybridized carbons (Fsp3) is 0.433. The summed E-state index contributed by atoms with van der Waals surface area (Å²) in [6.07, 6.45) is 1.46. The summed E-state index contributed by atoms with van der Waals surface area (Å²) in [7, 11) is 1.50. The molecule has 2 aromatic carbocycles. The quantitative estimate of drug-likeness (QED) is 0.419. The Morgan fingerprint density at radius 1 is 1.12 bits per heavy atom. The number of carbonyl (C=O) groups excluding carboxylic acids is 3. The fourth-order valence-corrected chi connectivity index (χ4v) is 6.05. The van der Waals surface area contributed by atoms with Crippen LogP contribution in [0.5, 0.6) is 5.75 Å².